The molecule has 2 N–H and O–H groups in total. The molecular formula is C23H26N4O. The number of likely N-dealkylation sites (tertiary alicyclic amines) is 1. The van der Waals surface area contributed by atoms with Crippen LogP contribution >= 0.6 is 0 Å². The van der Waals surface area contributed by atoms with Crippen molar-refractivity contribution in [3.05, 3.63) is 78.1 Å². The summed E-state index contributed by atoms with van der Waals surface area (Å²) in [6.45, 7) is 3.68. The zero-order chi connectivity index (χ0) is 19.2. The number of piperidine rings is 1. The second-order valence-electron chi connectivity index (χ2n) is 7.29. The minimum absolute atomic E-state index is 0.0522. The van der Waals surface area contributed by atoms with Gasteiger partial charge in [0.25, 0.3) is 5.91 Å². The van der Waals surface area contributed by atoms with Gasteiger partial charge < -0.3 is 15.2 Å². The first kappa shape index (κ1) is 18.4. The van der Waals surface area contributed by atoms with Crippen LogP contribution in [-0.2, 0) is 0 Å². The number of nitrogens with one attached hydrogen (secondary N) is 2. The molecule has 3 aromatic rings. The van der Waals surface area contributed by atoms with Crippen molar-refractivity contribution in [1.29, 1.82) is 0 Å². The van der Waals surface area contributed by atoms with E-state index in [0.717, 1.165) is 25.2 Å². The first-order valence-electron chi connectivity index (χ1n) is 9.95. The third kappa shape index (κ3) is 4.31. The fourth-order valence-corrected chi connectivity index (χ4v) is 3.98. The van der Waals surface area contributed by atoms with Crippen molar-refractivity contribution >= 4 is 5.91 Å². The van der Waals surface area contributed by atoms with Crippen molar-refractivity contribution in [1.82, 2.24) is 20.2 Å². The van der Waals surface area contributed by atoms with Crippen molar-refractivity contribution in [2.75, 3.05) is 26.2 Å². The number of aromatic nitrogens is 2. The molecule has 0 bridgehead atoms. The first-order chi connectivity index (χ1) is 13.8. The highest BCUT2D eigenvalue weighted by molar-refractivity contribution is 6.00. The molecule has 1 amide bonds. The predicted octanol–water partition coefficient (Wildman–Crippen LogP) is 3.69. The molecule has 1 saturated heterocycles. The Labute approximate surface area is 165 Å². The molecule has 1 fully saturated rings. The van der Waals surface area contributed by atoms with Crippen LogP contribution in [0, 0.1) is 0 Å². The lowest BCUT2D eigenvalue weighted by Gasteiger charge is -2.33. The number of carbonyl (C=O) groups excluding carboxylic acids is 1. The molecule has 1 aliphatic rings. The number of carbonyl (C=O) groups is 1. The SMILES string of the molecule is O=C(NCCN1CCC[C@H](c2ccccc2)C1)c1ccccc1-c1ncc[nH]1. The second kappa shape index (κ2) is 8.85. The lowest BCUT2D eigenvalue weighted by molar-refractivity contribution is 0.0946. The zero-order valence-corrected chi connectivity index (χ0v) is 16.0. The Morgan fingerprint density at radius 3 is 2.79 bits per heavy atom. The van der Waals surface area contributed by atoms with Crippen LogP contribution in [0.1, 0.15) is 34.7 Å². The van der Waals surface area contributed by atoms with Gasteiger partial charge in [0.05, 0.1) is 5.56 Å². The second-order valence-corrected chi connectivity index (χ2v) is 7.29. The maximum absolute atomic E-state index is 12.7. The number of rotatable bonds is 6. The molecule has 2 aromatic carbocycles. The molecule has 0 radical (unpaired) electrons. The van der Waals surface area contributed by atoms with E-state index in [4.69, 9.17) is 0 Å². The van der Waals surface area contributed by atoms with E-state index in [9.17, 15) is 4.79 Å². The Balaban J connectivity index is 1.33. The Kier molecular flexibility index (Phi) is 5.83. The lowest BCUT2D eigenvalue weighted by Crippen LogP contribution is -2.40. The van der Waals surface area contributed by atoms with Crippen molar-refractivity contribution < 1.29 is 4.79 Å². The number of aromatic amines is 1. The van der Waals surface area contributed by atoms with Gasteiger partial charge in [0.1, 0.15) is 5.82 Å². The van der Waals surface area contributed by atoms with Crippen molar-refractivity contribution in [3.8, 4) is 11.4 Å². The molecule has 5 nitrogen and oxygen atoms in total. The quantitative estimate of drug-likeness (QED) is 0.692. The van der Waals surface area contributed by atoms with E-state index in [1.807, 2.05) is 24.3 Å². The minimum Gasteiger partial charge on any atom is -0.351 e. The van der Waals surface area contributed by atoms with E-state index < -0.39 is 0 Å². The maximum atomic E-state index is 12.7. The van der Waals surface area contributed by atoms with Gasteiger partial charge in [-0.2, -0.15) is 0 Å². The van der Waals surface area contributed by atoms with Crippen molar-refractivity contribution in [2.24, 2.45) is 0 Å². The standard InChI is InChI=1S/C23H26N4O/c28-23(21-11-5-4-10-20(21)22-24-12-13-25-22)26-14-16-27-15-6-9-19(17-27)18-7-2-1-3-8-18/h1-5,7-8,10-13,19H,6,9,14-17H2,(H,24,25)(H,26,28)/t19-/m0/s1. The number of imidazole rings is 1. The number of nitrogens with zero attached hydrogens (tertiary/aromatic N) is 2. The molecular weight excluding hydrogens is 348 g/mol. The van der Waals surface area contributed by atoms with Gasteiger partial charge in [-0.1, -0.05) is 48.5 Å². The molecule has 144 valence electrons. The number of hydrogen-bond acceptors (Lipinski definition) is 3. The van der Waals surface area contributed by atoms with E-state index >= 15 is 0 Å². The summed E-state index contributed by atoms with van der Waals surface area (Å²) < 4.78 is 0. The van der Waals surface area contributed by atoms with Crippen LogP contribution in [-0.4, -0.2) is 47.0 Å². The van der Waals surface area contributed by atoms with Gasteiger partial charge in [0, 0.05) is 37.6 Å². The number of hydrogen-bond donors (Lipinski definition) is 2. The Morgan fingerprint density at radius 1 is 1.14 bits per heavy atom. The zero-order valence-electron chi connectivity index (χ0n) is 16.0. The molecule has 0 spiro atoms. The van der Waals surface area contributed by atoms with E-state index in [0.29, 0.717) is 23.9 Å². The molecule has 0 saturated carbocycles. The smallest absolute Gasteiger partial charge is 0.252 e. The van der Waals surface area contributed by atoms with Gasteiger partial charge in [-0.05, 0) is 36.9 Å². The number of H-pyrrole nitrogens is 1. The van der Waals surface area contributed by atoms with Crippen LogP contribution in [0.5, 0.6) is 0 Å². The van der Waals surface area contributed by atoms with Gasteiger partial charge in [-0.3, -0.25) is 4.79 Å². The summed E-state index contributed by atoms with van der Waals surface area (Å²) in [5.41, 5.74) is 2.90. The highest BCUT2D eigenvalue weighted by Gasteiger charge is 2.21. The summed E-state index contributed by atoms with van der Waals surface area (Å²) in [5.74, 6) is 1.25. The Hall–Kier alpha value is -2.92. The fourth-order valence-electron chi connectivity index (χ4n) is 3.98. The molecule has 5 heteroatoms. The molecule has 1 aromatic heterocycles. The van der Waals surface area contributed by atoms with Crippen LogP contribution in [0.2, 0.25) is 0 Å². The average molecular weight is 374 g/mol. The molecule has 28 heavy (non-hydrogen) atoms. The van der Waals surface area contributed by atoms with Crippen LogP contribution in [0.15, 0.2) is 67.0 Å². The van der Waals surface area contributed by atoms with Crippen LogP contribution < -0.4 is 5.32 Å². The summed E-state index contributed by atoms with van der Waals surface area (Å²) in [6, 6.07) is 18.3. The Bertz CT molecular complexity index is 892. The third-order valence-electron chi connectivity index (χ3n) is 5.42. The topological polar surface area (TPSA) is 61.0 Å². The van der Waals surface area contributed by atoms with E-state index in [2.05, 4.69) is 50.5 Å². The molecule has 1 atom stereocenters. The molecule has 2 heterocycles. The van der Waals surface area contributed by atoms with Crippen LogP contribution in [0.3, 0.4) is 0 Å². The highest BCUT2D eigenvalue weighted by atomic mass is 16.1. The van der Waals surface area contributed by atoms with Gasteiger partial charge in [0.15, 0.2) is 0 Å². The number of amides is 1. The van der Waals surface area contributed by atoms with Crippen LogP contribution in [0.4, 0.5) is 0 Å². The van der Waals surface area contributed by atoms with Gasteiger partial charge >= 0.3 is 0 Å². The van der Waals surface area contributed by atoms with Gasteiger partial charge in [0.2, 0.25) is 0 Å². The highest BCUT2D eigenvalue weighted by Crippen LogP contribution is 2.26. The summed E-state index contributed by atoms with van der Waals surface area (Å²) in [4.78, 5) is 22.5. The first-order valence-corrected chi connectivity index (χ1v) is 9.95. The summed E-state index contributed by atoms with van der Waals surface area (Å²) in [6.07, 6.45) is 5.91. The largest absolute Gasteiger partial charge is 0.351 e. The van der Waals surface area contributed by atoms with Crippen molar-refractivity contribution in [2.45, 2.75) is 18.8 Å². The summed E-state index contributed by atoms with van der Waals surface area (Å²) in [7, 11) is 0. The average Bonchev–Trinajstić information content (AvgIpc) is 3.29. The van der Waals surface area contributed by atoms with Crippen LogP contribution in [0.25, 0.3) is 11.4 Å². The molecule has 1 aliphatic heterocycles. The normalized spacial score (nSPS) is 17.4. The van der Waals surface area contributed by atoms with E-state index in [-0.39, 0.29) is 5.91 Å². The van der Waals surface area contributed by atoms with Crippen molar-refractivity contribution in [3.63, 3.8) is 0 Å². The van der Waals surface area contributed by atoms with E-state index in [1.54, 1.807) is 12.4 Å². The third-order valence-corrected chi connectivity index (χ3v) is 5.42. The van der Waals surface area contributed by atoms with Gasteiger partial charge in [-0.25, -0.2) is 4.98 Å². The predicted molar refractivity (Wildman–Crippen MR) is 111 cm³/mol. The summed E-state index contributed by atoms with van der Waals surface area (Å²) in [5, 5.41) is 3.08. The molecule has 4 rings (SSSR count). The lowest BCUT2D eigenvalue weighted by atomic mass is 9.91. The van der Waals surface area contributed by atoms with E-state index in [1.165, 1.54) is 18.4 Å². The monoisotopic (exact) mass is 374 g/mol. The molecule has 0 aliphatic carbocycles. The Morgan fingerprint density at radius 2 is 1.96 bits per heavy atom. The summed E-state index contributed by atoms with van der Waals surface area (Å²) >= 11 is 0. The maximum Gasteiger partial charge on any atom is 0.252 e. The van der Waals surface area contributed by atoms with Gasteiger partial charge in [-0.15, -0.1) is 0 Å². The number of benzene rings is 2. The minimum atomic E-state index is -0.0522. The molecule has 0 unspecified atom stereocenters. The fraction of sp³-hybridized carbons (Fsp3) is 0.304.